The third-order valence-corrected chi connectivity index (χ3v) is 2.47. The summed E-state index contributed by atoms with van der Waals surface area (Å²) in [5.41, 5.74) is 1.87. The number of amides is 1. The number of hydrogen-bond donors (Lipinski definition) is 1. The third-order valence-electron chi connectivity index (χ3n) is 2.47. The van der Waals surface area contributed by atoms with E-state index in [1.54, 1.807) is 0 Å². The lowest BCUT2D eigenvalue weighted by Crippen LogP contribution is -2.23. The fourth-order valence-electron chi connectivity index (χ4n) is 1.47. The minimum absolute atomic E-state index is 0.0101. The summed E-state index contributed by atoms with van der Waals surface area (Å²) in [5.74, 6) is 0.0101. The maximum atomic E-state index is 11.6. The Hall–Kier alpha value is -1.57. The Morgan fingerprint density at radius 3 is 2.47 bits per heavy atom. The van der Waals surface area contributed by atoms with Crippen LogP contribution in [0.5, 0.6) is 0 Å². The first-order valence-corrected chi connectivity index (χ1v) is 6.32. The Balaban J connectivity index is 2.58. The van der Waals surface area contributed by atoms with Gasteiger partial charge in [-0.05, 0) is 30.5 Å². The van der Waals surface area contributed by atoms with E-state index in [1.165, 1.54) is 0 Å². The fourth-order valence-corrected chi connectivity index (χ4v) is 1.47. The zero-order chi connectivity index (χ0) is 12.5. The molecule has 0 fully saturated rings. The highest BCUT2D eigenvalue weighted by Gasteiger charge is 2.02. The van der Waals surface area contributed by atoms with Gasteiger partial charge in [-0.15, -0.1) is 0 Å². The van der Waals surface area contributed by atoms with Crippen LogP contribution in [0.15, 0.2) is 30.3 Å². The molecule has 0 bridgehead atoms. The zero-order valence-electron chi connectivity index (χ0n) is 10.7. The maximum absolute atomic E-state index is 11.6. The molecule has 0 aliphatic rings. The van der Waals surface area contributed by atoms with Crippen molar-refractivity contribution in [2.45, 2.75) is 33.1 Å². The van der Waals surface area contributed by atoms with Crippen LogP contribution in [0.25, 0.3) is 6.08 Å². The van der Waals surface area contributed by atoms with Gasteiger partial charge < -0.3 is 5.32 Å². The van der Waals surface area contributed by atoms with Crippen LogP contribution < -0.4 is 5.32 Å². The van der Waals surface area contributed by atoms with E-state index in [0.29, 0.717) is 0 Å². The van der Waals surface area contributed by atoms with Crippen molar-refractivity contribution in [2.24, 2.45) is 0 Å². The van der Waals surface area contributed by atoms with Crippen molar-refractivity contribution in [3.8, 4) is 0 Å². The molecule has 0 spiro atoms. The summed E-state index contributed by atoms with van der Waals surface area (Å²) in [7, 11) is 0. The minimum atomic E-state index is 0.0101. The van der Waals surface area contributed by atoms with Crippen LogP contribution in [0.4, 0.5) is 0 Å². The van der Waals surface area contributed by atoms with Crippen molar-refractivity contribution in [2.75, 3.05) is 6.54 Å². The van der Waals surface area contributed by atoms with Gasteiger partial charge >= 0.3 is 0 Å². The number of benzene rings is 1. The number of allylic oxidation sites excluding steroid dienone is 1. The molecule has 0 saturated heterocycles. The smallest absolute Gasteiger partial charge is 0.251 e. The zero-order valence-corrected chi connectivity index (χ0v) is 10.7. The number of unbranched alkanes of at least 4 members (excludes halogenated alkanes) is 1. The van der Waals surface area contributed by atoms with E-state index in [0.717, 1.165) is 36.9 Å². The topological polar surface area (TPSA) is 29.1 Å². The first-order valence-electron chi connectivity index (χ1n) is 6.32. The van der Waals surface area contributed by atoms with Gasteiger partial charge in [-0.1, -0.05) is 44.6 Å². The second-order valence-electron chi connectivity index (χ2n) is 4.07. The average Bonchev–Trinajstić information content (AvgIpc) is 2.37. The quantitative estimate of drug-likeness (QED) is 0.795. The summed E-state index contributed by atoms with van der Waals surface area (Å²) in [5, 5.41) is 2.86. The van der Waals surface area contributed by atoms with Crippen LogP contribution in [-0.2, 0) is 0 Å². The van der Waals surface area contributed by atoms with Gasteiger partial charge in [0.1, 0.15) is 0 Å². The summed E-state index contributed by atoms with van der Waals surface area (Å²) >= 11 is 0. The molecule has 92 valence electrons. The third kappa shape index (κ3) is 4.85. The van der Waals surface area contributed by atoms with Crippen molar-refractivity contribution in [3.63, 3.8) is 0 Å². The largest absolute Gasteiger partial charge is 0.352 e. The lowest BCUT2D eigenvalue weighted by Gasteiger charge is -2.03. The van der Waals surface area contributed by atoms with E-state index in [1.807, 2.05) is 31.2 Å². The molecular formula is C15H21NO. The standard InChI is InChI=1S/C15H21NO/c1-3-5-6-7-13-8-10-14(11-9-13)15(17)16-12-4-2/h6-11H,3-5,12H2,1-2H3,(H,16,17)/b7-6+. The number of rotatable bonds is 6. The second kappa shape index (κ2) is 7.66. The Morgan fingerprint density at radius 1 is 1.18 bits per heavy atom. The molecular weight excluding hydrogens is 210 g/mol. The number of hydrogen-bond acceptors (Lipinski definition) is 1. The van der Waals surface area contributed by atoms with Gasteiger partial charge in [0.2, 0.25) is 0 Å². The van der Waals surface area contributed by atoms with E-state index >= 15 is 0 Å². The van der Waals surface area contributed by atoms with Crippen LogP contribution >= 0.6 is 0 Å². The van der Waals surface area contributed by atoms with Gasteiger partial charge in [-0.2, -0.15) is 0 Å². The van der Waals surface area contributed by atoms with Crippen molar-refractivity contribution >= 4 is 12.0 Å². The average molecular weight is 231 g/mol. The molecule has 0 unspecified atom stereocenters. The molecule has 1 N–H and O–H groups in total. The van der Waals surface area contributed by atoms with E-state index < -0.39 is 0 Å². The Morgan fingerprint density at radius 2 is 1.88 bits per heavy atom. The molecule has 17 heavy (non-hydrogen) atoms. The summed E-state index contributed by atoms with van der Waals surface area (Å²) in [6.45, 7) is 4.93. The summed E-state index contributed by atoms with van der Waals surface area (Å²) in [4.78, 5) is 11.6. The fraction of sp³-hybridized carbons (Fsp3) is 0.400. The van der Waals surface area contributed by atoms with Gasteiger partial charge in [-0.25, -0.2) is 0 Å². The van der Waals surface area contributed by atoms with E-state index in [9.17, 15) is 4.79 Å². The van der Waals surface area contributed by atoms with Crippen molar-refractivity contribution in [1.29, 1.82) is 0 Å². The lowest BCUT2D eigenvalue weighted by molar-refractivity contribution is 0.0953. The first-order chi connectivity index (χ1) is 8.27. The summed E-state index contributed by atoms with van der Waals surface area (Å²) < 4.78 is 0. The molecule has 1 aromatic carbocycles. The molecule has 2 nitrogen and oxygen atoms in total. The molecule has 0 saturated carbocycles. The monoisotopic (exact) mass is 231 g/mol. The number of carbonyl (C=O) groups excluding carboxylic acids is 1. The van der Waals surface area contributed by atoms with Crippen LogP contribution in [0.1, 0.15) is 49.0 Å². The van der Waals surface area contributed by atoms with E-state index in [-0.39, 0.29) is 5.91 Å². The molecule has 2 heteroatoms. The Labute approximate surface area is 104 Å². The van der Waals surface area contributed by atoms with Crippen molar-refractivity contribution in [1.82, 2.24) is 5.32 Å². The van der Waals surface area contributed by atoms with E-state index in [2.05, 4.69) is 24.4 Å². The lowest BCUT2D eigenvalue weighted by atomic mass is 10.1. The Kier molecular flexibility index (Phi) is 6.08. The highest BCUT2D eigenvalue weighted by molar-refractivity contribution is 5.94. The van der Waals surface area contributed by atoms with Crippen LogP contribution in [0.3, 0.4) is 0 Å². The normalized spacial score (nSPS) is 10.7. The molecule has 0 aliphatic heterocycles. The molecule has 0 radical (unpaired) electrons. The molecule has 0 aromatic heterocycles. The minimum Gasteiger partial charge on any atom is -0.352 e. The predicted molar refractivity (Wildman–Crippen MR) is 73.0 cm³/mol. The van der Waals surface area contributed by atoms with E-state index in [4.69, 9.17) is 0 Å². The van der Waals surface area contributed by atoms with Crippen molar-refractivity contribution < 1.29 is 4.79 Å². The maximum Gasteiger partial charge on any atom is 0.251 e. The van der Waals surface area contributed by atoms with Crippen LogP contribution in [0, 0.1) is 0 Å². The van der Waals surface area contributed by atoms with Gasteiger partial charge in [0, 0.05) is 12.1 Å². The number of carbonyl (C=O) groups is 1. The highest BCUT2D eigenvalue weighted by atomic mass is 16.1. The predicted octanol–water partition coefficient (Wildman–Crippen LogP) is 3.64. The van der Waals surface area contributed by atoms with Gasteiger partial charge in [0.25, 0.3) is 5.91 Å². The van der Waals surface area contributed by atoms with Crippen LogP contribution in [-0.4, -0.2) is 12.5 Å². The highest BCUT2D eigenvalue weighted by Crippen LogP contribution is 2.07. The number of nitrogens with one attached hydrogen (secondary N) is 1. The molecule has 0 aliphatic carbocycles. The van der Waals surface area contributed by atoms with Gasteiger partial charge in [0.05, 0.1) is 0 Å². The van der Waals surface area contributed by atoms with Crippen LogP contribution in [0.2, 0.25) is 0 Å². The SMILES string of the molecule is CCC/C=C/c1ccc(C(=O)NCCC)cc1. The summed E-state index contributed by atoms with van der Waals surface area (Å²) in [6.07, 6.45) is 7.47. The second-order valence-corrected chi connectivity index (χ2v) is 4.07. The summed E-state index contributed by atoms with van der Waals surface area (Å²) in [6, 6.07) is 7.70. The molecule has 0 atom stereocenters. The van der Waals surface area contributed by atoms with Gasteiger partial charge in [-0.3, -0.25) is 4.79 Å². The molecule has 1 amide bonds. The molecule has 0 heterocycles. The van der Waals surface area contributed by atoms with Crippen molar-refractivity contribution in [3.05, 3.63) is 41.5 Å². The Bertz CT molecular complexity index is 365. The van der Waals surface area contributed by atoms with Gasteiger partial charge in [0.15, 0.2) is 0 Å². The molecule has 1 rings (SSSR count). The molecule has 1 aromatic rings. The first kappa shape index (κ1) is 13.5.